The Morgan fingerprint density at radius 1 is 0.821 bits per heavy atom. The molecule has 0 amide bonds. The summed E-state index contributed by atoms with van der Waals surface area (Å²) in [6.07, 6.45) is 16.6. The summed E-state index contributed by atoms with van der Waals surface area (Å²) in [5, 5.41) is 0. The minimum atomic E-state index is 0.508. The van der Waals surface area contributed by atoms with Crippen LogP contribution in [-0.2, 0) is 11.2 Å². The fourth-order valence-corrected chi connectivity index (χ4v) is 6.07. The van der Waals surface area contributed by atoms with Crippen LogP contribution in [0.25, 0.3) is 0 Å². The molecule has 0 aliphatic heterocycles. The predicted octanol–water partition coefficient (Wildman–Crippen LogP) is 7.92. The van der Waals surface area contributed by atoms with Crippen molar-refractivity contribution < 1.29 is 4.74 Å². The molecule has 0 heterocycles. The van der Waals surface area contributed by atoms with Gasteiger partial charge in [-0.1, -0.05) is 77.1 Å². The molecular formula is C27H44O. The third-order valence-electron chi connectivity index (χ3n) is 7.55. The third kappa shape index (κ3) is 5.85. The zero-order valence-electron chi connectivity index (χ0n) is 18.8. The highest BCUT2D eigenvalue weighted by molar-refractivity contribution is 5.27. The summed E-state index contributed by atoms with van der Waals surface area (Å²) >= 11 is 0. The van der Waals surface area contributed by atoms with E-state index in [-0.39, 0.29) is 0 Å². The molecule has 0 saturated heterocycles. The van der Waals surface area contributed by atoms with E-state index in [1.165, 1.54) is 76.2 Å². The lowest BCUT2D eigenvalue weighted by Gasteiger charge is -2.43. The van der Waals surface area contributed by atoms with E-state index in [9.17, 15) is 0 Å². The predicted molar refractivity (Wildman–Crippen MR) is 121 cm³/mol. The van der Waals surface area contributed by atoms with Crippen LogP contribution in [0.2, 0.25) is 0 Å². The van der Waals surface area contributed by atoms with Crippen molar-refractivity contribution >= 4 is 0 Å². The van der Waals surface area contributed by atoms with Gasteiger partial charge >= 0.3 is 0 Å². The van der Waals surface area contributed by atoms with Crippen molar-refractivity contribution in [1.29, 1.82) is 0 Å². The van der Waals surface area contributed by atoms with Crippen molar-refractivity contribution in [3.63, 3.8) is 0 Å². The summed E-state index contributed by atoms with van der Waals surface area (Å²) in [7, 11) is 0. The van der Waals surface area contributed by atoms with E-state index >= 15 is 0 Å². The van der Waals surface area contributed by atoms with Crippen LogP contribution >= 0.6 is 0 Å². The quantitative estimate of drug-likeness (QED) is 0.420. The van der Waals surface area contributed by atoms with Crippen LogP contribution in [0.1, 0.15) is 108 Å². The van der Waals surface area contributed by atoms with Gasteiger partial charge in [-0.05, 0) is 79.7 Å². The highest BCUT2D eigenvalue weighted by Crippen LogP contribution is 2.48. The number of hydrogen-bond acceptors (Lipinski definition) is 1. The Labute approximate surface area is 174 Å². The molecule has 2 fully saturated rings. The first-order valence-electron chi connectivity index (χ1n) is 12.5. The van der Waals surface area contributed by atoms with Crippen LogP contribution in [0.3, 0.4) is 0 Å². The van der Waals surface area contributed by atoms with Crippen LogP contribution in [0.15, 0.2) is 24.3 Å². The Kier molecular flexibility index (Phi) is 8.90. The molecule has 28 heavy (non-hydrogen) atoms. The molecule has 3 rings (SSSR count). The van der Waals surface area contributed by atoms with Gasteiger partial charge in [0.15, 0.2) is 0 Å². The van der Waals surface area contributed by atoms with Gasteiger partial charge in [0.05, 0.1) is 6.10 Å². The Hall–Kier alpha value is -0.820. The van der Waals surface area contributed by atoms with Crippen LogP contribution in [0, 0.1) is 17.8 Å². The zero-order valence-corrected chi connectivity index (χ0v) is 18.8. The van der Waals surface area contributed by atoms with E-state index in [1.54, 1.807) is 5.56 Å². The Balaban J connectivity index is 1.70. The standard InChI is InChI=1S/C27H44O/c1-4-7-21-9-13-23(14-10-21)26-18-17-25(28-19-6-3)20-27(26)24-15-11-22(8-5-2)12-16-24/h9-10,13-14,22,24-27H,4-8,11-12,15-20H2,1-3H3/t22?,24?,25-,26+,27-/m1/s1. The van der Waals surface area contributed by atoms with E-state index < -0.39 is 0 Å². The highest BCUT2D eigenvalue weighted by Gasteiger charge is 2.38. The maximum Gasteiger partial charge on any atom is 0.0578 e. The van der Waals surface area contributed by atoms with Crippen molar-refractivity contribution in [1.82, 2.24) is 0 Å². The lowest BCUT2D eigenvalue weighted by atomic mass is 9.64. The molecule has 1 nitrogen and oxygen atoms in total. The van der Waals surface area contributed by atoms with E-state index in [1.807, 2.05) is 0 Å². The molecule has 3 atom stereocenters. The van der Waals surface area contributed by atoms with Crippen LogP contribution in [-0.4, -0.2) is 12.7 Å². The SMILES string of the molecule is CCCO[C@@H]1CC[C@@H](c2ccc(CCC)cc2)[C@@H](C2CCC(CCC)CC2)C1. The molecule has 2 saturated carbocycles. The first-order chi connectivity index (χ1) is 13.7. The van der Waals surface area contributed by atoms with Gasteiger partial charge in [-0.3, -0.25) is 0 Å². The van der Waals surface area contributed by atoms with E-state index in [0.29, 0.717) is 6.10 Å². The molecule has 0 N–H and O–H groups in total. The Morgan fingerprint density at radius 2 is 1.57 bits per heavy atom. The fraction of sp³-hybridized carbons (Fsp3) is 0.778. The molecule has 1 aromatic rings. The van der Waals surface area contributed by atoms with Gasteiger partial charge in [0.1, 0.15) is 0 Å². The van der Waals surface area contributed by atoms with Crippen molar-refractivity contribution in [3.8, 4) is 0 Å². The molecule has 0 aromatic heterocycles. The van der Waals surface area contributed by atoms with Crippen molar-refractivity contribution in [3.05, 3.63) is 35.4 Å². The van der Waals surface area contributed by atoms with Crippen molar-refractivity contribution in [2.45, 2.75) is 110 Å². The highest BCUT2D eigenvalue weighted by atomic mass is 16.5. The van der Waals surface area contributed by atoms with E-state index in [2.05, 4.69) is 45.0 Å². The average molecular weight is 385 g/mol. The summed E-state index contributed by atoms with van der Waals surface area (Å²) < 4.78 is 6.25. The number of hydrogen-bond donors (Lipinski definition) is 0. The summed E-state index contributed by atoms with van der Waals surface area (Å²) in [6.45, 7) is 7.80. The normalized spacial score (nSPS) is 31.0. The van der Waals surface area contributed by atoms with Gasteiger partial charge in [0, 0.05) is 6.61 Å². The fourth-order valence-electron chi connectivity index (χ4n) is 6.07. The molecule has 2 aliphatic carbocycles. The van der Waals surface area contributed by atoms with Gasteiger partial charge in [-0.25, -0.2) is 0 Å². The molecule has 0 unspecified atom stereocenters. The number of ether oxygens (including phenoxy) is 1. The first-order valence-corrected chi connectivity index (χ1v) is 12.5. The summed E-state index contributed by atoms with van der Waals surface area (Å²) in [5.74, 6) is 3.50. The number of benzene rings is 1. The molecule has 2 aliphatic rings. The summed E-state index contributed by atoms with van der Waals surface area (Å²) in [6, 6.07) is 9.71. The van der Waals surface area contributed by atoms with Gasteiger partial charge in [0.2, 0.25) is 0 Å². The maximum absolute atomic E-state index is 6.25. The topological polar surface area (TPSA) is 9.23 Å². The number of rotatable bonds is 9. The molecular weight excluding hydrogens is 340 g/mol. The minimum Gasteiger partial charge on any atom is -0.378 e. The van der Waals surface area contributed by atoms with Gasteiger partial charge in [-0.15, -0.1) is 0 Å². The second kappa shape index (κ2) is 11.4. The van der Waals surface area contributed by atoms with Crippen LogP contribution in [0.5, 0.6) is 0 Å². The smallest absolute Gasteiger partial charge is 0.0578 e. The van der Waals surface area contributed by atoms with Crippen molar-refractivity contribution in [2.75, 3.05) is 6.61 Å². The van der Waals surface area contributed by atoms with Crippen LogP contribution < -0.4 is 0 Å². The maximum atomic E-state index is 6.25. The Morgan fingerprint density at radius 3 is 2.21 bits per heavy atom. The second-order valence-corrected chi connectivity index (χ2v) is 9.64. The average Bonchev–Trinajstić information content (AvgIpc) is 2.74. The summed E-state index contributed by atoms with van der Waals surface area (Å²) in [5.41, 5.74) is 3.11. The summed E-state index contributed by atoms with van der Waals surface area (Å²) in [4.78, 5) is 0. The molecule has 158 valence electrons. The zero-order chi connectivity index (χ0) is 19.8. The lowest BCUT2D eigenvalue weighted by molar-refractivity contribution is -0.00967. The monoisotopic (exact) mass is 384 g/mol. The van der Waals surface area contributed by atoms with Gasteiger partial charge in [-0.2, -0.15) is 0 Å². The van der Waals surface area contributed by atoms with Crippen molar-refractivity contribution in [2.24, 2.45) is 17.8 Å². The molecule has 0 spiro atoms. The molecule has 1 heteroatoms. The lowest BCUT2D eigenvalue weighted by Crippen LogP contribution is -2.35. The Bertz CT molecular complexity index is 540. The molecule has 0 bridgehead atoms. The minimum absolute atomic E-state index is 0.508. The number of aryl methyl sites for hydroxylation is 1. The van der Waals surface area contributed by atoms with Gasteiger partial charge in [0.25, 0.3) is 0 Å². The van der Waals surface area contributed by atoms with E-state index in [0.717, 1.165) is 36.7 Å². The second-order valence-electron chi connectivity index (χ2n) is 9.64. The molecule has 0 radical (unpaired) electrons. The van der Waals surface area contributed by atoms with Crippen LogP contribution in [0.4, 0.5) is 0 Å². The molecule has 1 aromatic carbocycles. The largest absolute Gasteiger partial charge is 0.378 e. The van der Waals surface area contributed by atoms with E-state index in [4.69, 9.17) is 4.74 Å². The first kappa shape index (κ1) is 21.9. The van der Waals surface area contributed by atoms with Gasteiger partial charge < -0.3 is 4.74 Å². The third-order valence-corrected chi connectivity index (χ3v) is 7.55.